The predicted octanol–water partition coefficient (Wildman–Crippen LogP) is 9.73. The minimum atomic E-state index is 0.0626. The number of benzene rings is 3. The monoisotopic (exact) mass is 667 g/mol. The molecule has 0 saturated carbocycles. The molecule has 6 rings (SSSR count). The van der Waals surface area contributed by atoms with Gasteiger partial charge in [-0.2, -0.15) is 0 Å². The molecule has 0 aromatic heterocycles. The molecular weight excluding hydrogens is 620 g/mol. The van der Waals surface area contributed by atoms with Gasteiger partial charge in [0.05, 0.1) is 0 Å². The molecule has 0 spiro atoms. The molecule has 45 heavy (non-hydrogen) atoms. The van der Waals surface area contributed by atoms with Crippen LogP contribution in [0.25, 0.3) is 11.6 Å². The number of aryl methyl sites for hydroxylation is 1. The number of hydrogen-bond acceptors (Lipinski definition) is 0. The van der Waals surface area contributed by atoms with Gasteiger partial charge >= 0.3 is 99.2 Å². The van der Waals surface area contributed by atoms with Crippen molar-refractivity contribution in [3.05, 3.63) is 152 Å². The van der Waals surface area contributed by atoms with E-state index in [1.807, 2.05) is 0 Å². The van der Waals surface area contributed by atoms with Crippen LogP contribution >= 0.6 is 0 Å². The Morgan fingerprint density at radius 3 is 1.91 bits per heavy atom. The van der Waals surface area contributed by atoms with Gasteiger partial charge in [-0.25, -0.2) is 0 Å². The summed E-state index contributed by atoms with van der Waals surface area (Å²) in [6.07, 6.45) is 14.1. The van der Waals surface area contributed by atoms with E-state index in [9.17, 15) is 0 Å². The Kier molecular flexibility index (Phi) is 10.6. The fourth-order valence-electron chi connectivity index (χ4n) is 7.92. The molecule has 1 unspecified atom stereocenters. The van der Waals surface area contributed by atoms with Crippen molar-refractivity contribution in [1.82, 2.24) is 0 Å². The summed E-state index contributed by atoms with van der Waals surface area (Å²) in [5, 5.41) is 2.69. The van der Waals surface area contributed by atoms with Gasteiger partial charge < -0.3 is 0 Å². The fraction of sp³-hybridized carbons (Fsp3) is 0.341. The molecule has 3 aliphatic carbocycles. The van der Waals surface area contributed by atoms with Crippen molar-refractivity contribution in [1.29, 1.82) is 0 Å². The van der Waals surface area contributed by atoms with Crippen LogP contribution in [0.2, 0.25) is 0 Å². The second kappa shape index (κ2) is 14.3. The molecule has 1 atom stereocenters. The summed E-state index contributed by atoms with van der Waals surface area (Å²) >= 11 is 1.46. The first-order valence-corrected chi connectivity index (χ1v) is 18.2. The zero-order valence-corrected chi connectivity index (χ0v) is 31.0. The van der Waals surface area contributed by atoms with Gasteiger partial charge in [-0.1, -0.05) is 114 Å². The van der Waals surface area contributed by atoms with Gasteiger partial charge in [0.15, 0.2) is 0 Å². The molecule has 0 fully saturated rings. The van der Waals surface area contributed by atoms with Crippen LogP contribution in [-0.4, -0.2) is 3.21 Å². The van der Waals surface area contributed by atoms with Crippen LogP contribution in [-0.2, 0) is 30.7 Å². The molecule has 0 aliphatic heterocycles. The van der Waals surface area contributed by atoms with Crippen molar-refractivity contribution < 1.29 is 24.2 Å². The molecule has 0 radical (unpaired) electrons. The first-order chi connectivity index (χ1) is 21.6. The summed E-state index contributed by atoms with van der Waals surface area (Å²) in [6, 6.07) is 28.2. The van der Waals surface area contributed by atoms with Crippen molar-refractivity contribution >= 4 is 14.9 Å². The second-order valence-corrected chi connectivity index (χ2v) is 14.8. The van der Waals surface area contributed by atoms with E-state index < -0.39 is 0 Å². The van der Waals surface area contributed by atoms with Gasteiger partial charge in [0.2, 0.25) is 0 Å². The van der Waals surface area contributed by atoms with E-state index in [0.717, 1.165) is 19.3 Å². The Morgan fingerprint density at radius 1 is 0.822 bits per heavy atom. The number of hydrogen-bond donors (Lipinski definition) is 0. The second-order valence-electron chi connectivity index (χ2n) is 13.5. The summed E-state index contributed by atoms with van der Waals surface area (Å²) in [5.74, 6) is 1.53. The molecule has 0 saturated heterocycles. The van der Waals surface area contributed by atoms with Crippen molar-refractivity contribution in [2.75, 3.05) is 0 Å². The topological polar surface area (TPSA) is 0 Å². The van der Waals surface area contributed by atoms with Gasteiger partial charge in [-0.05, 0) is 42.4 Å². The SMILES string of the molecule is CCc1ccc2c(c1)=[C-]C1=C(C3=CC=CC3)C(CC)(C(C)C)C(C(C)C)=C(C(C)C)C=21.[Zr]=[C](c1ccccc1)c1ccccc1. The van der Waals surface area contributed by atoms with Crippen LogP contribution in [0, 0.1) is 23.2 Å². The molecule has 0 amide bonds. The van der Waals surface area contributed by atoms with Crippen LogP contribution in [0.1, 0.15) is 84.9 Å². The summed E-state index contributed by atoms with van der Waals surface area (Å²) < 4.78 is 1.42. The molecule has 0 bridgehead atoms. The third-order valence-electron chi connectivity index (χ3n) is 9.92. The Labute approximate surface area is 287 Å². The quantitative estimate of drug-likeness (QED) is 0.210. The van der Waals surface area contributed by atoms with Crippen molar-refractivity contribution in [2.24, 2.45) is 23.2 Å². The summed E-state index contributed by atoms with van der Waals surface area (Å²) in [6.45, 7) is 19.1. The summed E-state index contributed by atoms with van der Waals surface area (Å²) in [7, 11) is 0. The standard InChI is InChI=1S/C31H39.C13H10.Zr/c1-9-22-15-16-25-24(17-22)18-26-28(25)27(19(3)4)29(20(5)6)31(10-2,21(7)8)30(26)23-13-11-12-14-23;1-3-7-12(8-4-1)11-13-9-5-2-6-10-13;/h11-13,15-17,19-21H,9-10,14H2,1-8H3;1-10H;/q-1;;. The molecule has 0 heterocycles. The van der Waals surface area contributed by atoms with Crippen molar-refractivity contribution in [3.8, 4) is 0 Å². The summed E-state index contributed by atoms with van der Waals surface area (Å²) in [4.78, 5) is 0. The average molecular weight is 669 g/mol. The molecule has 1 heteroatoms. The van der Waals surface area contributed by atoms with Crippen molar-refractivity contribution in [2.45, 2.75) is 74.7 Å². The molecule has 0 N–H and O–H groups in total. The predicted molar refractivity (Wildman–Crippen MR) is 191 cm³/mol. The third kappa shape index (κ3) is 6.28. The van der Waals surface area contributed by atoms with E-state index in [-0.39, 0.29) is 5.41 Å². The maximum atomic E-state index is 3.97. The van der Waals surface area contributed by atoms with Gasteiger partial charge in [0, 0.05) is 0 Å². The maximum absolute atomic E-state index is 3.97. The number of rotatable bonds is 8. The van der Waals surface area contributed by atoms with Crippen molar-refractivity contribution in [3.63, 3.8) is 0 Å². The van der Waals surface area contributed by atoms with Crippen LogP contribution in [0.4, 0.5) is 0 Å². The first kappa shape index (κ1) is 33.5. The Hall–Kier alpha value is -2.89. The van der Waals surface area contributed by atoms with E-state index >= 15 is 0 Å². The van der Waals surface area contributed by atoms with Crippen LogP contribution in [0.15, 0.2) is 125 Å². The van der Waals surface area contributed by atoms with Gasteiger partial charge in [-0.3, -0.25) is 0 Å². The van der Waals surface area contributed by atoms with Gasteiger partial charge in [0.25, 0.3) is 0 Å². The molecular formula is C44H49Zr-. The molecule has 3 aliphatic rings. The third-order valence-corrected chi connectivity index (χ3v) is 11.3. The normalized spacial score (nSPS) is 18.6. The molecule has 3 aromatic rings. The number of fused-ring (bicyclic) bond motifs is 2. The Balaban J connectivity index is 0.000000238. The fourth-order valence-corrected chi connectivity index (χ4v) is 8.74. The van der Waals surface area contributed by atoms with Crippen LogP contribution in [0.3, 0.4) is 0 Å². The number of allylic oxidation sites excluding steroid dienone is 8. The summed E-state index contributed by atoms with van der Waals surface area (Å²) in [5.41, 5.74) is 13.3. The van der Waals surface area contributed by atoms with Gasteiger partial charge in [0.1, 0.15) is 0 Å². The Morgan fingerprint density at radius 2 is 1.44 bits per heavy atom. The average Bonchev–Trinajstić information content (AvgIpc) is 3.72. The Bertz CT molecular complexity index is 1760. The van der Waals surface area contributed by atoms with E-state index in [4.69, 9.17) is 0 Å². The molecule has 230 valence electrons. The molecule has 0 nitrogen and oxygen atoms in total. The van der Waals surface area contributed by atoms with Gasteiger partial charge in [-0.15, -0.1) is 33.7 Å². The van der Waals surface area contributed by atoms with E-state index in [2.05, 4.69) is 159 Å². The van der Waals surface area contributed by atoms with E-state index in [0.29, 0.717) is 17.8 Å². The first-order valence-electron chi connectivity index (χ1n) is 17.0. The van der Waals surface area contributed by atoms with Crippen LogP contribution < -0.4 is 10.4 Å². The zero-order valence-electron chi connectivity index (χ0n) is 28.6. The van der Waals surface area contributed by atoms with E-state index in [1.165, 1.54) is 71.3 Å². The minimum absolute atomic E-state index is 0.0626. The van der Waals surface area contributed by atoms with Crippen LogP contribution in [0.5, 0.6) is 0 Å². The molecule has 3 aromatic carbocycles. The van der Waals surface area contributed by atoms with E-state index in [1.54, 1.807) is 16.7 Å². The zero-order chi connectivity index (χ0) is 32.3.